The van der Waals surface area contributed by atoms with E-state index in [1.54, 1.807) is 12.2 Å². The Balaban J connectivity index is 2.16. The van der Waals surface area contributed by atoms with Gasteiger partial charge in [-0.05, 0) is 22.8 Å². The Labute approximate surface area is 147 Å². The number of allylic oxidation sites excluding steroid dienone is 2. The van der Waals surface area contributed by atoms with E-state index in [1.807, 2.05) is 66.7 Å². The van der Waals surface area contributed by atoms with Crippen LogP contribution in [0.2, 0.25) is 0 Å². The van der Waals surface area contributed by atoms with E-state index in [4.69, 9.17) is 5.11 Å². The van der Waals surface area contributed by atoms with Crippen molar-refractivity contribution in [2.75, 3.05) is 0 Å². The average Bonchev–Trinajstić information content (AvgIpc) is 2.59. The van der Waals surface area contributed by atoms with E-state index in [0.29, 0.717) is 0 Å². The van der Waals surface area contributed by atoms with E-state index in [0.717, 1.165) is 16.7 Å². The molecule has 0 saturated carbocycles. The number of hydrogen-bond donors (Lipinski definition) is 3. The van der Waals surface area contributed by atoms with Gasteiger partial charge in [-0.15, -0.1) is 0 Å². The standard InChI is InChI=1S/C21H22O4/c22-19(14-20(23)15-21(24)25)12-11-18(17-9-5-2-6-10-17)13-16-7-3-1-4-8-16/h1-13,19-20,22-23H,14-15H2,(H,24,25)/b12-11+,18-13-/t19-,20-/m1/s1. The average molecular weight is 338 g/mol. The molecule has 0 unspecified atom stereocenters. The molecule has 2 atom stereocenters. The molecule has 4 heteroatoms. The Bertz CT molecular complexity index is 720. The van der Waals surface area contributed by atoms with Crippen molar-refractivity contribution in [3.05, 3.63) is 83.9 Å². The second kappa shape index (κ2) is 9.57. The number of rotatable bonds is 8. The van der Waals surface area contributed by atoms with Crippen LogP contribution in [0.25, 0.3) is 11.6 Å². The minimum Gasteiger partial charge on any atom is -0.481 e. The maximum atomic E-state index is 10.6. The summed E-state index contributed by atoms with van der Waals surface area (Å²) < 4.78 is 0. The Kier molecular flexibility index (Phi) is 7.14. The molecule has 2 aromatic carbocycles. The number of carbonyl (C=O) groups is 1. The van der Waals surface area contributed by atoms with Crippen LogP contribution in [0.5, 0.6) is 0 Å². The lowest BCUT2D eigenvalue weighted by molar-refractivity contribution is -0.139. The van der Waals surface area contributed by atoms with E-state index in [2.05, 4.69) is 0 Å². The molecule has 0 amide bonds. The Hall–Kier alpha value is -2.69. The van der Waals surface area contributed by atoms with E-state index in [9.17, 15) is 15.0 Å². The monoisotopic (exact) mass is 338 g/mol. The molecule has 0 aromatic heterocycles. The molecule has 0 saturated heterocycles. The molecule has 0 aliphatic carbocycles. The third-order valence-corrected chi connectivity index (χ3v) is 3.65. The fraction of sp³-hybridized carbons (Fsp3) is 0.190. The van der Waals surface area contributed by atoms with Crippen molar-refractivity contribution in [2.24, 2.45) is 0 Å². The van der Waals surface area contributed by atoms with Gasteiger partial charge in [-0.1, -0.05) is 72.8 Å². The highest BCUT2D eigenvalue weighted by Gasteiger charge is 2.13. The van der Waals surface area contributed by atoms with Gasteiger partial charge < -0.3 is 15.3 Å². The maximum absolute atomic E-state index is 10.6. The van der Waals surface area contributed by atoms with Crippen LogP contribution in [0, 0.1) is 0 Å². The fourth-order valence-electron chi connectivity index (χ4n) is 2.44. The second-order valence-corrected chi connectivity index (χ2v) is 5.79. The van der Waals surface area contributed by atoms with Crippen LogP contribution in [0.3, 0.4) is 0 Å². The van der Waals surface area contributed by atoms with Gasteiger partial charge in [0.1, 0.15) is 0 Å². The van der Waals surface area contributed by atoms with Crippen LogP contribution in [-0.4, -0.2) is 33.5 Å². The molecule has 3 N–H and O–H groups in total. The molecular weight excluding hydrogens is 316 g/mol. The summed E-state index contributed by atoms with van der Waals surface area (Å²) >= 11 is 0. The Morgan fingerprint density at radius 2 is 1.56 bits per heavy atom. The van der Waals surface area contributed by atoms with Crippen LogP contribution in [0.15, 0.2) is 72.8 Å². The smallest absolute Gasteiger partial charge is 0.305 e. The largest absolute Gasteiger partial charge is 0.481 e. The topological polar surface area (TPSA) is 77.8 Å². The number of aliphatic carboxylic acids is 1. The molecule has 0 radical (unpaired) electrons. The number of carboxylic acids is 1. The lowest BCUT2D eigenvalue weighted by Gasteiger charge is -2.11. The van der Waals surface area contributed by atoms with Gasteiger partial charge in [0.15, 0.2) is 0 Å². The highest BCUT2D eigenvalue weighted by molar-refractivity contribution is 5.87. The molecular formula is C21H22O4. The van der Waals surface area contributed by atoms with Crippen LogP contribution < -0.4 is 0 Å². The highest BCUT2D eigenvalue weighted by Crippen LogP contribution is 2.20. The van der Waals surface area contributed by atoms with Gasteiger partial charge in [0.05, 0.1) is 18.6 Å². The van der Waals surface area contributed by atoms with E-state index in [-0.39, 0.29) is 12.8 Å². The van der Waals surface area contributed by atoms with Crippen molar-refractivity contribution in [1.82, 2.24) is 0 Å². The first-order chi connectivity index (χ1) is 12.0. The van der Waals surface area contributed by atoms with Gasteiger partial charge in [0.2, 0.25) is 0 Å². The van der Waals surface area contributed by atoms with Crippen molar-refractivity contribution in [2.45, 2.75) is 25.0 Å². The summed E-state index contributed by atoms with van der Waals surface area (Å²) in [5.41, 5.74) is 2.95. The van der Waals surface area contributed by atoms with Crippen molar-refractivity contribution in [3.63, 3.8) is 0 Å². The first-order valence-corrected chi connectivity index (χ1v) is 8.13. The summed E-state index contributed by atoms with van der Waals surface area (Å²) in [6.45, 7) is 0. The summed E-state index contributed by atoms with van der Waals surface area (Å²) in [5, 5.41) is 28.3. The molecule has 0 bridgehead atoms. The van der Waals surface area contributed by atoms with Crippen molar-refractivity contribution >= 4 is 17.6 Å². The SMILES string of the molecule is O=C(O)C[C@H](O)C[C@H](O)/C=C/C(=C/c1ccccc1)c1ccccc1. The summed E-state index contributed by atoms with van der Waals surface area (Å²) in [6, 6.07) is 19.6. The number of hydrogen-bond acceptors (Lipinski definition) is 3. The van der Waals surface area contributed by atoms with Gasteiger partial charge in [0.25, 0.3) is 0 Å². The summed E-state index contributed by atoms with van der Waals surface area (Å²) in [7, 11) is 0. The minimum atomic E-state index is -1.09. The molecule has 25 heavy (non-hydrogen) atoms. The Morgan fingerprint density at radius 3 is 2.16 bits per heavy atom. The fourth-order valence-corrected chi connectivity index (χ4v) is 2.44. The molecule has 0 aliphatic rings. The molecule has 0 spiro atoms. The Morgan fingerprint density at radius 1 is 0.960 bits per heavy atom. The van der Waals surface area contributed by atoms with E-state index in [1.165, 1.54) is 0 Å². The molecule has 0 fully saturated rings. The highest BCUT2D eigenvalue weighted by atomic mass is 16.4. The second-order valence-electron chi connectivity index (χ2n) is 5.79. The van der Waals surface area contributed by atoms with Crippen LogP contribution >= 0.6 is 0 Å². The zero-order chi connectivity index (χ0) is 18.1. The molecule has 130 valence electrons. The van der Waals surface area contributed by atoms with Crippen LogP contribution in [0.1, 0.15) is 24.0 Å². The van der Waals surface area contributed by atoms with E-state index >= 15 is 0 Å². The van der Waals surface area contributed by atoms with Gasteiger partial charge in [-0.25, -0.2) is 0 Å². The lowest BCUT2D eigenvalue weighted by atomic mass is 10.0. The third kappa shape index (κ3) is 6.75. The first kappa shape index (κ1) is 18.6. The maximum Gasteiger partial charge on any atom is 0.305 e. The number of aliphatic hydroxyl groups excluding tert-OH is 2. The number of carboxylic acid groups (broad SMARTS) is 1. The van der Waals surface area contributed by atoms with Crippen LogP contribution in [0.4, 0.5) is 0 Å². The predicted octanol–water partition coefficient (Wildman–Crippen LogP) is 3.37. The summed E-state index contributed by atoms with van der Waals surface area (Å²) in [5.74, 6) is -1.09. The van der Waals surface area contributed by atoms with Gasteiger partial charge in [-0.2, -0.15) is 0 Å². The summed E-state index contributed by atoms with van der Waals surface area (Å²) in [4.78, 5) is 10.6. The molecule has 2 rings (SSSR count). The predicted molar refractivity (Wildman–Crippen MR) is 98.8 cm³/mol. The molecule has 0 aliphatic heterocycles. The molecule has 0 heterocycles. The number of aliphatic hydroxyl groups is 2. The van der Waals surface area contributed by atoms with Crippen LogP contribution in [-0.2, 0) is 4.79 Å². The van der Waals surface area contributed by atoms with Gasteiger partial charge in [0, 0.05) is 6.42 Å². The normalized spacial score (nSPS) is 14.4. The molecule has 2 aromatic rings. The third-order valence-electron chi connectivity index (χ3n) is 3.65. The first-order valence-electron chi connectivity index (χ1n) is 8.13. The minimum absolute atomic E-state index is 0.0177. The van der Waals surface area contributed by atoms with Crippen molar-refractivity contribution in [3.8, 4) is 0 Å². The number of benzene rings is 2. The van der Waals surface area contributed by atoms with Gasteiger partial charge >= 0.3 is 5.97 Å². The zero-order valence-electron chi connectivity index (χ0n) is 13.8. The lowest BCUT2D eigenvalue weighted by Crippen LogP contribution is -2.19. The van der Waals surface area contributed by atoms with Crippen molar-refractivity contribution < 1.29 is 20.1 Å². The van der Waals surface area contributed by atoms with Gasteiger partial charge in [-0.3, -0.25) is 4.79 Å². The van der Waals surface area contributed by atoms with E-state index < -0.39 is 18.2 Å². The molecule has 4 nitrogen and oxygen atoms in total. The quantitative estimate of drug-likeness (QED) is 0.509. The zero-order valence-corrected chi connectivity index (χ0v) is 13.8. The van der Waals surface area contributed by atoms with Crippen molar-refractivity contribution in [1.29, 1.82) is 0 Å². The summed E-state index contributed by atoms with van der Waals surface area (Å²) in [6.07, 6.45) is 2.99.